The molecule has 0 aromatic heterocycles. The van der Waals surface area contributed by atoms with E-state index < -0.39 is 0 Å². The zero-order chi connectivity index (χ0) is 15.2. The molecule has 0 N–H and O–H groups in total. The van der Waals surface area contributed by atoms with Crippen molar-refractivity contribution in [3.05, 3.63) is 29.8 Å². The Kier molecular flexibility index (Phi) is 5.25. The van der Waals surface area contributed by atoms with Crippen LogP contribution >= 0.6 is 0 Å². The van der Waals surface area contributed by atoms with Gasteiger partial charge >= 0.3 is 0 Å². The summed E-state index contributed by atoms with van der Waals surface area (Å²) in [5.74, 6) is 0.902. The summed E-state index contributed by atoms with van der Waals surface area (Å²) in [6.45, 7) is 0.995. The van der Waals surface area contributed by atoms with E-state index in [1.54, 1.807) is 7.11 Å². The van der Waals surface area contributed by atoms with Crippen LogP contribution in [0, 0.1) is 0 Å². The zero-order valence-electron chi connectivity index (χ0n) is 13.6. The highest BCUT2D eigenvalue weighted by molar-refractivity contribution is 6.13. The largest absolute Gasteiger partial charge is 0.497 e. The Bertz CT molecular complexity index is 539. The van der Waals surface area contributed by atoms with E-state index in [-0.39, 0.29) is 0 Å². The molecule has 0 amide bonds. The third-order valence-electron chi connectivity index (χ3n) is 4.67. The van der Waals surface area contributed by atoms with Crippen molar-refractivity contribution in [2.75, 3.05) is 13.7 Å². The van der Waals surface area contributed by atoms with E-state index in [4.69, 9.17) is 9.73 Å². The highest BCUT2D eigenvalue weighted by Gasteiger charge is 2.16. The lowest BCUT2D eigenvalue weighted by Crippen LogP contribution is -2.16. The van der Waals surface area contributed by atoms with Crippen molar-refractivity contribution in [2.45, 2.75) is 57.4 Å². The Morgan fingerprint density at radius 2 is 1.91 bits per heavy atom. The van der Waals surface area contributed by atoms with E-state index >= 15 is 0 Å². The molecule has 2 aliphatic rings. The van der Waals surface area contributed by atoms with Crippen LogP contribution < -0.4 is 4.74 Å². The summed E-state index contributed by atoms with van der Waals surface area (Å²) in [7, 11) is 1.71. The first-order valence-electron chi connectivity index (χ1n) is 8.58. The van der Waals surface area contributed by atoms with E-state index in [9.17, 15) is 0 Å². The van der Waals surface area contributed by atoms with E-state index in [2.05, 4.69) is 17.1 Å². The molecular formula is C19H26N2O. The Labute approximate surface area is 133 Å². The molecule has 1 aromatic rings. The first-order chi connectivity index (χ1) is 10.8. The predicted molar refractivity (Wildman–Crippen MR) is 92.6 cm³/mol. The number of rotatable bonds is 5. The van der Waals surface area contributed by atoms with Gasteiger partial charge in [-0.1, -0.05) is 19.3 Å². The predicted octanol–water partition coefficient (Wildman–Crippen LogP) is 4.44. The summed E-state index contributed by atoms with van der Waals surface area (Å²) in [6, 6.07) is 8.84. The quantitative estimate of drug-likeness (QED) is 0.740. The topological polar surface area (TPSA) is 34.0 Å². The van der Waals surface area contributed by atoms with Crippen LogP contribution in [0.4, 0.5) is 0 Å². The van der Waals surface area contributed by atoms with Gasteiger partial charge in [0.05, 0.1) is 13.2 Å². The van der Waals surface area contributed by atoms with Crippen molar-refractivity contribution < 1.29 is 4.74 Å². The number of hydrogen-bond donors (Lipinski definition) is 0. The van der Waals surface area contributed by atoms with Gasteiger partial charge in [-0.05, 0) is 55.5 Å². The molecule has 3 rings (SSSR count). The second kappa shape index (κ2) is 7.57. The Balaban J connectivity index is 1.81. The van der Waals surface area contributed by atoms with Crippen LogP contribution in [-0.4, -0.2) is 31.1 Å². The van der Waals surface area contributed by atoms with Gasteiger partial charge in [0, 0.05) is 24.4 Å². The summed E-state index contributed by atoms with van der Waals surface area (Å²) in [5, 5.41) is 0. The molecule has 1 fully saturated rings. The van der Waals surface area contributed by atoms with Crippen molar-refractivity contribution in [1.29, 1.82) is 0 Å². The van der Waals surface area contributed by atoms with Gasteiger partial charge in [0.25, 0.3) is 0 Å². The molecule has 1 heterocycles. The number of nitrogens with zero attached hydrogens (tertiary/aromatic N) is 2. The number of benzene rings is 1. The van der Waals surface area contributed by atoms with E-state index in [0.717, 1.165) is 25.1 Å². The van der Waals surface area contributed by atoms with Crippen molar-refractivity contribution >= 4 is 11.4 Å². The second-order valence-electron chi connectivity index (χ2n) is 6.32. The van der Waals surface area contributed by atoms with Crippen LogP contribution in [0.15, 0.2) is 34.3 Å². The Morgan fingerprint density at radius 1 is 1.14 bits per heavy atom. The molecule has 3 heteroatoms. The molecule has 1 aromatic carbocycles. The van der Waals surface area contributed by atoms with Crippen LogP contribution in [0.25, 0.3) is 0 Å². The van der Waals surface area contributed by atoms with Crippen LogP contribution in [0.3, 0.4) is 0 Å². The molecule has 0 saturated heterocycles. The molecule has 1 aliphatic heterocycles. The monoisotopic (exact) mass is 298 g/mol. The molecule has 3 nitrogen and oxygen atoms in total. The molecule has 0 unspecified atom stereocenters. The summed E-state index contributed by atoms with van der Waals surface area (Å²) in [4.78, 5) is 9.76. The van der Waals surface area contributed by atoms with Gasteiger partial charge in [-0.25, -0.2) is 0 Å². The third kappa shape index (κ3) is 3.96. The maximum atomic E-state index is 5.27. The van der Waals surface area contributed by atoms with Crippen molar-refractivity contribution in [2.24, 2.45) is 9.98 Å². The Hall–Kier alpha value is -1.64. The van der Waals surface area contributed by atoms with Gasteiger partial charge in [-0.2, -0.15) is 0 Å². The highest BCUT2D eigenvalue weighted by Crippen LogP contribution is 2.23. The minimum Gasteiger partial charge on any atom is -0.497 e. The van der Waals surface area contributed by atoms with E-state index in [0.29, 0.717) is 6.04 Å². The number of methoxy groups -OCH3 is 1. The summed E-state index contributed by atoms with van der Waals surface area (Å²) in [6.07, 6.45) is 9.77. The second-order valence-corrected chi connectivity index (χ2v) is 6.32. The minimum atomic E-state index is 0.507. The average molecular weight is 298 g/mol. The van der Waals surface area contributed by atoms with E-state index in [1.807, 2.05) is 12.1 Å². The molecule has 0 radical (unpaired) electrons. The van der Waals surface area contributed by atoms with E-state index in [1.165, 1.54) is 55.5 Å². The number of aliphatic imine (C=N–C) groups is 2. The third-order valence-corrected chi connectivity index (χ3v) is 4.67. The lowest BCUT2D eigenvalue weighted by Gasteiger charge is -2.20. The normalized spacial score (nSPS) is 20.0. The summed E-state index contributed by atoms with van der Waals surface area (Å²) < 4.78 is 5.27. The van der Waals surface area contributed by atoms with Crippen molar-refractivity contribution in [3.63, 3.8) is 0 Å². The highest BCUT2D eigenvalue weighted by atomic mass is 16.5. The maximum absolute atomic E-state index is 5.27. The lowest BCUT2D eigenvalue weighted by molar-refractivity contribution is 0.415. The number of ether oxygens (including phenoxy) is 1. The fourth-order valence-electron chi connectivity index (χ4n) is 3.37. The maximum Gasteiger partial charge on any atom is 0.118 e. The van der Waals surface area contributed by atoms with Crippen molar-refractivity contribution in [1.82, 2.24) is 0 Å². The smallest absolute Gasteiger partial charge is 0.118 e. The molecule has 0 atom stereocenters. The van der Waals surface area contributed by atoms with Gasteiger partial charge in [0.15, 0.2) is 0 Å². The van der Waals surface area contributed by atoms with Crippen LogP contribution in [0.5, 0.6) is 5.75 Å². The Morgan fingerprint density at radius 3 is 2.55 bits per heavy atom. The van der Waals surface area contributed by atoms with Gasteiger partial charge < -0.3 is 4.74 Å². The van der Waals surface area contributed by atoms with Crippen LogP contribution in [-0.2, 0) is 0 Å². The van der Waals surface area contributed by atoms with Crippen molar-refractivity contribution in [3.8, 4) is 5.75 Å². The standard InChI is InChI=1S/C19H26N2O/c1-22-18-11-9-15(10-12-18)19(14-17-8-5-13-20-17)21-16-6-3-2-4-7-16/h9-12,16H,2-8,13-14H2,1H3. The first kappa shape index (κ1) is 15.3. The number of hydrogen-bond acceptors (Lipinski definition) is 3. The molecule has 22 heavy (non-hydrogen) atoms. The van der Waals surface area contributed by atoms with Gasteiger partial charge in [0.1, 0.15) is 5.75 Å². The fraction of sp³-hybridized carbons (Fsp3) is 0.579. The molecule has 1 aliphatic carbocycles. The van der Waals surface area contributed by atoms with Gasteiger partial charge in [-0.15, -0.1) is 0 Å². The molecule has 1 saturated carbocycles. The van der Waals surface area contributed by atoms with Gasteiger partial charge in [0.2, 0.25) is 0 Å². The minimum absolute atomic E-state index is 0.507. The summed E-state index contributed by atoms with van der Waals surface area (Å²) >= 11 is 0. The molecule has 0 spiro atoms. The fourth-order valence-corrected chi connectivity index (χ4v) is 3.37. The zero-order valence-corrected chi connectivity index (χ0v) is 13.6. The first-order valence-corrected chi connectivity index (χ1v) is 8.58. The van der Waals surface area contributed by atoms with Crippen LogP contribution in [0.2, 0.25) is 0 Å². The SMILES string of the molecule is COc1ccc(C(CC2=NCCC2)=NC2CCCCC2)cc1. The molecular weight excluding hydrogens is 272 g/mol. The lowest BCUT2D eigenvalue weighted by atomic mass is 9.95. The molecule has 0 bridgehead atoms. The average Bonchev–Trinajstić information content (AvgIpc) is 3.08. The summed E-state index contributed by atoms with van der Waals surface area (Å²) in [5.41, 5.74) is 3.77. The van der Waals surface area contributed by atoms with Gasteiger partial charge in [-0.3, -0.25) is 9.98 Å². The molecule has 118 valence electrons. The van der Waals surface area contributed by atoms with Crippen LogP contribution in [0.1, 0.15) is 56.9 Å².